The summed E-state index contributed by atoms with van der Waals surface area (Å²) in [5, 5.41) is 11.3. The third-order valence-corrected chi connectivity index (χ3v) is 4.96. The van der Waals surface area contributed by atoms with Crippen molar-refractivity contribution in [2.75, 3.05) is 5.32 Å². The maximum atomic E-state index is 13.0. The summed E-state index contributed by atoms with van der Waals surface area (Å²) in [5.41, 5.74) is -5.04. The first kappa shape index (κ1) is 24.3. The summed E-state index contributed by atoms with van der Waals surface area (Å²) in [5.74, 6) is -0.744. The van der Waals surface area contributed by atoms with Gasteiger partial charge in [0.15, 0.2) is 5.60 Å². The zero-order valence-corrected chi connectivity index (χ0v) is 16.8. The average molecular weight is 474 g/mol. The molecule has 2 rings (SSSR count). The predicted octanol–water partition coefficient (Wildman–Crippen LogP) is 6.35. The molecule has 164 valence electrons. The molecule has 0 aromatic heterocycles. The first-order valence-corrected chi connectivity index (χ1v) is 9.13. The molecule has 0 saturated carbocycles. The van der Waals surface area contributed by atoms with Crippen LogP contribution in [0.25, 0.3) is 0 Å². The minimum absolute atomic E-state index is 0.0890. The van der Waals surface area contributed by atoms with Crippen molar-refractivity contribution < 1.29 is 36.2 Å². The second-order valence-electron chi connectivity index (χ2n) is 6.59. The van der Waals surface area contributed by atoms with Crippen molar-refractivity contribution in [3.63, 3.8) is 0 Å². The van der Waals surface area contributed by atoms with Gasteiger partial charge in [-0.05, 0) is 42.7 Å². The van der Waals surface area contributed by atoms with E-state index in [1.54, 1.807) is 0 Å². The number of rotatable bonds is 5. The Labute approximate surface area is 177 Å². The zero-order chi connectivity index (χ0) is 22.9. The smallest absolute Gasteiger partial charge is 0.376 e. The number of carbonyl (C=O) groups is 1. The molecule has 1 atom stereocenters. The minimum Gasteiger partial charge on any atom is -0.376 e. The molecule has 11 heteroatoms. The van der Waals surface area contributed by atoms with Gasteiger partial charge >= 0.3 is 12.4 Å². The summed E-state index contributed by atoms with van der Waals surface area (Å²) in [6.07, 6.45) is -10.2. The molecule has 0 spiro atoms. The van der Waals surface area contributed by atoms with Crippen LogP contribution < -0.4 is 5.32 Å². The van der Waals surface area contributed by atoms with Crippen molar-refractivity contribution >= 4 is 34.8 Å². The number of amides is 1. The van der Waals surface area contributed by atoms with Gasteiger partial charge in [-0.2, -0.15) is 26.3 Å². The van der Waals surface area contributed by atoms with Crippen LogP contribution in [0.1, 0.15) is 30.0 Å². The fraction of sp³-hybridized carbons (Fsp3) is 0.316. The van der Waals surface area contributed by atoms with Gasteiger partial charge in [-0.3, -0.25) is 4.79 Å². The zero-order valence-electron chi connectivity index (χ0n) is 15.3. The lowest BCUT2D eigenvalue weighted by molar-refractivity contribution is -0.258. The van der Waals surface area contributed by atoms with Crippen LogP contribution in [-0.4, -0.2) is 17.2 Å². The number of alkyl halides is 6. The quantitative estimate of drug-likeness (QED) is 0.496. The highest BCUT2D eigenvalue weighted by Gasteiger charge is 2.51. The highest BCUT2D eigenvalue weighted by Crippen LogP contribution is 2.42. The number of hydrogen-bond donors (Lipinski definition) is 2. The number of halogens is 8. The molecule has 3 nitrogen and oxygen atoms in total. The van der Waals surface area contributed by atoms with Crippen LogP contribution in [0.15, 0.2) is 36.4 Å². The van der Waals surface area contributed by atoms with Crippen LogP contribution in [0.3, 0.4) is 0 Å². The van der Waals surface area contributed by atoms with Crippen molar-refractivity contribution in [1.82, 2.24) is 0 Å². The van der Waals surface area contributed by atoms with E-state index in [2.05, 4.69) is 5.32 Å². The number of aryl methyl sites for hydroxylation is 1. The van der Waals surface area contributed by atoms with Crippen LogP contribution >= 0.6 is 23.2 Å². The summed E-state index contributed by atoms with van der Waals surface area (Å²) >= 11 is 11.8. The number of benzene rings is 2. The maximum absolute atomic E-state index is 13.0. The molecule has 0 fully saturated rings. The summed E-state index contributed by atoms with van der Waals surface area (Å²) < 4.78 is 78.0. The van der Waals surface area contributed by atoms with Crippen LogP contribution in [0.5, 0.6) is 0 Å². The minimum atomic E-state index is -5.00. The third-order valence-electron chi connectivity index (χ3n) is 4.36. The highest BCUT2D eigenvalue weighted by atomic mass is 35.5. The normalized spacial score (nSPS) is 14.3. The molecular formula is C19H15Cl2F6NO2. The van der Waals surface area contributed by atoms with Crippen LogP contribution in [0.2, 0.25) is 10.0 Å². The van der Waals surface area contributed by atoms with Gasteiger partial charge in [0.05, 0.1) is 21.3 Å². The number of carbonyl (C=O) groups excluding carboxylic acids is 1. The molecule has 0 aliphatic rings. The Morgan fingerprint density at radius 3 is 2.07 bits per heavy atom. The Hall–Kier alpha value is -1.97. The lowest BCUT2D eigenvalue weighted by Gasteiger charge is -2.27. The molecule has 2 N–H and O–H groups in total. The number of hydrogen-bond acceptors (Lipinski definition) is 2. The van der Waals surface area contributed by atoms with E-state index < -0.39 is 35.0 Å². The molecule has 2 aromatic carbocycles. The maximum Gasteiger partial charge on any atom is 0.421 e. The van der Waals surface area contributed by atoms with E-state index in [0.717, 1.165) is 18.2 Å². The van der Waals surface area contributed by atoms with Gasteiger partial charge in [0.2, 0.25) is 5.91 Å². The van der Waals surface area contributed by atoms with Gasteiger partial charge in [0.25, 0.3) is 0 Å². The summed E-state index contributed by atoms with van der Waals surface area (Å²) in [6.45, 7) is 0.519. The molecule has 2 aromatic rings. The largest absolute Gasteiger partial charge is 0.421 e. The van der Waals surface area contributed by atoms with Crippen molar-refractivity contribution in [3.05, 3.63) is 63.1 Å². The fourth-order valence-electron chi connectivity index (χ4n) is 2.60. The van der Waals surface area contributed by atoms with E-state index in [1.165, 1.54) is 18.2 Å². The molecule has 30 heavy (non-hydrogen) atoms. The molecule has 0 bridgehead atoms. The third kappa shape index (κ3) is 5.39. The van der Waals surface area contributed by atoms with E-state index >= 15 is 0 Å². The standard InChI is InChI=1S/C19H15Cl2F6NO2/c1-17(30,19(25,26)27)11-8-13(20)16(14(21)9-11)28-15(29)7-6-10-4-2-3-5-12(10)18(22,23)24/h2-5,8-9,30H,6-7H2,1H3,(H,28,29). The van der Waals surface area contributed by atoms with Crippen molar-refractivity contribution in [1.29, 1.82) is 0 Å². The molecule has 1 amide bonds. The average Bonchev–Trinajstić information content (AvgIpc) is 2.61. The molecule has 0 heterocycles. The number of anilines is 1. The van der Waals surface area contributed by atoms with Gasteiger partial charge in [-0.1, -0.05) is 41.4 Å². The summed E-state index contributed by atoms with van der Waals surface area (Å²) in [6, 6.07) is 6.37. The van der Waals surface area contributed by atoms with Crippen molar-refractivity contribution in [3.8, 4) is 0 Å². The van der Waals surface area contributed by atoms with E-state index in [-0.39, 0.29) is 34.1 Å². The van der Waals surface area contributed by atoms with Crippen LogP contribution in [0, 0.1) is 0 Å². The summed E-state index contributed by atoms with van der Waals surface area (Å²) in [7, 11) is 0. The topological polar surface area (TPSA) is 49.3 Å². The lowest BCUT2D eigenvalue weighted by Crippen LogP contribution is -2.39. The Bertz CT molecular complexity index is 918. The van der Waals surface area contributed by atoms with Crippen LogP contribution in [-0.2, 0) is 23.0 Å². The Balaban J connectivity index is 2.17. The van der Waals surface area contributed by atoms with Gasteiger partial charge < -0.3 is 10.4 Å². The van der Waals surface area contributed by atoms with Crippen LogP contribution in [0.4, 0.5) is 32.0 Å². The molecule has 0 aliphatic heterocycles. The first-order valence-electron chi connectivity index (χ1n) is 8.38. The van der Waals surface area contributed by atoms with Gasteiger partial charge in [-0.15, -0.1) is 0 Å². The highest BCUT2D eigenvalue weighted by molar-refractivity contribution is 6.39. The van der Waals surface area contributed by atoms with E-state index in [0.29, 0.717) is 6.92 Å². The lowest BCUT2D eigenvalue weighted by atomic mass is 9.95. The molecule has 0 radical (unpaired) electrons. The Kier molecular flexibility index (Phi) is 7.00. The SMILES string of the molecule is CC(O)(c1cc(Cl)c(NC(=O)CCc2ccccc2C(F)(F)F)c(Cl)c1)C(F)(F)F. The van der Waals surface area contributed by atoms with Crippen molar-refractivity contribution in [2.24, 2.45) is 0 Å². The van der Waals surface area contributed by atoms with E-state index in [4.69, 9.17) is 23.2 Å². The second-order valence-corrected chi connectivity index (χ2v) is 7.40. The number of nitrogens with one attached hydrogen (secondary N) is 1. The summed E-state index contributed by atoms with van der Waals surface area (Å²) in [4.78, 5) is 12.2. The van der Waals surface area contributed by atoms with Gasteiger partial charge in [0.1, 0.15) is 0 Å². The molecule has 0 aliphatic carbocycles. The predicted molar refractivity (Wildman–Crippen MR) is 100 cm³/mol. The van der Waals surface area contributed by atoms with Crippen molar-refractivity contribution in [2.45, 2.75) is 37.7 Å². The van der Waals surface area contributed by atoms with E-state index in [1.807, 2.05) is 0 Å². The monoisotopic (exact) mass is 473 g/mol. The molecule has 0 saturated heterocycles. The Morgan fingerprint density at radius 1 is 1.03 bits per heavy atom. The molecular weight excluding hydrogens is 459 g/mol. The van der Waals surface area contributed by atoms with Gasteiger partial charge in [-0.25, -0.2) is 0 Å². The molecule has 1 unspecified atom stereocenters. The fourth-order valence-corrected chi connectivity index (χ4v) is 3.18. The van der Waals surface area contributed by atoms with Gasteiger partial charge in [0, 0.05) is 6.42 Å². The Morgan fingerprint density at radius 2 is 1.57 bits per heavy atom. The number of aliphatic hydroxyl groups is 1. The second kappa shape index (κ2) is 8.64. The first-order chi connectivity index (χ1) is 13.6. The van der Waals surface area contributed by atoms with E-state index in [9.17, 15) is 36.2 Å².